The molecule has 1 aromatic carbocycles. The molecule has 1 saturated heterocycles. The molecule has 1 aliphatic rings. The van der Waals surface area contributed by atoms with Gasteiger partial charge in [-0.2, -0.15) is 0 Å². The molecular formula is C14H18Cl2N2O. The van der Waals surface area contributed by atoms with E-state index in [0.29, 0.717) is 0 Å². The molecule has 1 heterocycles. The van der Waals surface area contributed by atoms with Crippen molar-refractivity contribution in [2.75, 3.05) is 23.3 Å². The molecule has 0 unspecified atom stereocenters. The van der Waals surface area contributed by atoms with Crippen LogP contribution in [0, 0.1) is 0 Å². The Hall–Kier alpha value is -0.930. The molecule has 5 heteroatoms. The normalized spacial score (nSPS) is 17.1. The number of halogens is 2. The minimum atomic E-state index is -0.547. The smallest absolute Gasteiger partial charge is 0.242 e. The molecule has 0 spiro atoms. The van der Waals surface area contributed by atoms with Crippen molar-refractivity contribution >= 4 is 40.5 Å². The van der Waals surface area contributed by atoms with Crippen LogP contribution in [0.1, 0.15) is 26.2 Å². The second-order valence-corrected chi connectivity index (χ2v) is 5.88. The molecule has 1 atom stereocenters. The topological polar surface area (TPSA) is 32.3 Å². The molecule has 1 aliphatic heterocycles. The molecule has 0 saturated carbocycles. The van der Waals surface area contributed by atoms with Crippen LogP contribution >= 0.6 is 23.2 Å². The fraction of sp³-hybridized carbons (Fsp3) is 0.500. The first kappa shape index (κ1) is 14.5. The molecule has 2 rings (SSSR count). The highest BCUT2D eigenvalue weighted by Crippen LogP contribution is 2.31. The Labute approximate surface area is 123 Å². The Balaban J connectivity index is 2.16. The maximum atomic E-state index is 11.6. The van der Waals surface area contributed by atoms with Crippen LogP contribution in [0.25, 0.3) is 0 Å². The maximum Gasteiger partial charge on any atom is 0.242 e. The first-order chi connectivity index (χ1) is 9.08. The van der Waals surface area contributed by atoms with E-state index in [1.165, 1.54) is 19.3 Å². The van der Waals surface area contributed by atoms with Crippen molar-refractivity contribution in [1.29, 1.82) is 0 Å². The summed E-state index contributed by atoms with van der Waals surface area (Å²) in [6.45, 7) is 3.68. The Kier molecular flexibility index (Phi) is 4.94. The molecule has 0 radical (unpaired) electrons. The predicted octanol–water partition coefficient (Wildman–Crippen LogP) is 3.90. The molecule has 1 amide bonds. The second kappa shape index (κ2) is 6.49. The molecule has 1 aromatic rings. The van der Waals surface area contributed by atoms with Crippen LogP contribution in [0.5, 0.6) is 0 Å². The number of amides is 1. The van der Waals surface area contributed by atoms with E-state index in [4.69, 9.17) is 23.2 Å². The summed E-state index contributed by atoms with van der Waals surface area (Å²) in [4.78, 5) is 13.9. The summed E-state index contributed by atoms with van der Waals surface area (Å²) >= 11 is 12.0. The number of hydrogen-bond donors (Lipinski definition) is 1. The van der Waals surface area contributed by atoms with Crippen LogP contribution in [0.15, 0.2) is 18.2 Å². The fourth-order valence-electron chi connectivity index (χ4n) is 2.21. The lowest BCUT2D eigenvalue weighted by Gasteiger charge is -2.30. The third-order valence-electron chi connectivity index (χ3n) is 3.27. The molecule has 1 N–H and O–H groups in total. The molecule has 104 valence electrons. The summed E-state index contributed by atoms with van der Waals surface area (Å²) < 4.78 is 0. The summed E-state index contributed by atoms with van der Waals surface area (Å²) in [5, 5.41) is 2.97. The second-order valence-electron chi connectivity index (χ2n) is 4.82. The van der Waals surface area contributed by atoms with Crippen LogP contribution in [-0.4, -0.2) is 24.4 Å². The van der Waals surface area contributed by atoms with Gasteiger partial charge in [0.05, 0.1) is 10.7 Å². The van der Waals surface area contributed by atoms with Crippen LogP contribution in [-0.2, 0) is 4.79 Å². The van der Waals surface area contributed by atoms with Gasteiger partial charge in [0.1, 0.15) is 5.38 Å². The van der Waals surface area contributed by atoms with Crippen LogP contribution in [0.3, 0.4) is 0 Å². The average Bonchev–Trinajstić information content (AvgIpc) is 2.41. The quantitative estimate of drug-likeness (QED) is 0.859. The van der Waals surface area contributed by atoms with Crippen LogP contribution in [0.2, 0.25) is 5.02 Å². The number of alkyl halides is 1. The lowest BCUT2D eigenvalue weighted by atomic mass is 10.1. The number of anilines is 2. The predicted molar refractivity (Wildman–Crippen MR) is 81.5 cm³/mol. The highest BCUT2D eigenvalue weighted by molar-refractivity contribution is 6.34. The van der Waals surface area contributed by atoms with E-state index in [0.717, 1.165) is 29.5 Å². The third kappa shape index (κ3) is 3.77. The zero-order valence-electron chi connectivity index (χ0n) is 11.0. The molecule has 0 aliphatic carbocycles. The van der Waals surface area contributed by atoms with E-state index < -0.39 is 5.38 Å². The number of hydrogen-bond acceptors (Lipinski definition) is 2. The van der Waals surface area contributed by atoms with Crippen molar-refractivity contribution in [2.45, 2.75) is 31.6 Å². The molecular weight excluding hydrogens is 283 g/mol. The van der Waals surface area contributed by atoms with Crippen LogP contribution in [0.4, 0.5) is 11.4 Å². The number of nitrogens with one attached hydrogen (secondary N) is 1. The Bertz CT molecular complexity index is 457. The van der Waals surface area contributed by atoms with Gasteiger partial charge in [-0.05, 0) is 44.4 Å². The van der Waals surface area contributed by atoms with Gasteiger partial charge in [-0.25, -0.2) is 0 Å². The van der Waals surface area contributed by atoms with Gasteiger partial charge in [0.15, 0.2) is 0 Å². The first-order valence-corrected chi connectivity index (χ1v) is 7.39. The maximum absolute atomic E-state index is 11.6. The summed E-state index contributed by atoms with van der Waals surface area (Å²) in [6, 6.07) is 5.54. The summed E-state index contributed by atoms with van der Waals surface area (Å²) in [7, 11) is 0. The number of rotatable bonds is 3. The van der Waals surface area contributed by atoms with Crippen molar-refractivity contribution in [3.63, 3.8) is 0 Å². The largest absolute Gasteiger partial charge is 0.370 e. The van der Waals surface area contributed by atoms with Crippen LogP contribution < -0.4 is 10.2 Å². The average molecular weight is 301 g/mol. The third-order valence-corrected chi connectivity index (χ3v) is 3.79. The number of piperidine rings is 1. The minimum Gasteiger partial charge on any atom is -0.370 e. The number of benzene rings is 1. The fourth-order valence-corrected chi connectivity index (χ4v) is 2.50. The van der Waals surface area contributed by atoms with E-state index in [2.05, 4.69) is 10.2 Å². The zero-order valence-corrected chi connectivity index (χ0v) is 12.5. The lowest BCUT2D eigenvalue weighted by Crippen LogP contribution is -2.29. The van der Waals surface area contributed by atoms with Gasteiger partial charge in [-0.3, -0.25) is 4.79 Å². The minimum absolute atomic E-state index is 0.200. The van der Waals surface area contributed by atoms with E-state index in [1.807, 2.05) is 12.1 Å². The van der Waals surface area contributed by atoms with Gasteiger partial charge in [-0.1, -0.05) is 11.6 Å². The molecule has 0 aromatic heterocycles. The van der Waals surface area contributed by atoms with E-state index in [9.17, 15) is 4.79 Å². The van der Waals surface area contributed by atoms with Gasteiger partial charge in [0.25, 0.3) is 0 Å². The summed E-state index contributed by atoms with van der Waals surface area (Å²) in [5.41, 5.74) is 1.73. The Morgan fingerprint density at radius 2 is 2.00 bits per heavy atom. The van der Waals surface area contributed by atoms with Gasteiger partial charge in [0, 0.05) is 18.8 Å². The monoisotopic (exact) mass is 300 g/mol. The van der Waals surface area contributed by atoms with E-state index >= 15 is 0 Å². The molecule has 1 fully saturated rings. The summed E-state index contributed by atoms with van der Waals surface area (Å²) in [6.07, 6.45) is 3.64. The van der Waals surface area contributed by atoms with Gasteiger partial charge < -0.3 is 10.2 Å². The Morgan fingerprint density at radius 1 is 1.32 bits per heavy atom. The standard InChI is InChI=1S/C14H18Cl2N2O/c1-10(15)14(19)17-11-5-6-12(16)13(9-11)18-7-3-2-4-8-18/h5-6,9-10H,2-4,7-8H2,1H3,(H,17,19)/t10-/m0/s1. The van der Waals surface area contributed by atoms with Gasteiger partial charge >= 0.3 is 0 Å². The van der Waals surface area contributed by atoms with E-state index in [1.54, 1.807) is 13.0 Å². The SMILES string of the molecule is C[C@H](Cl)C(=O)Nc1ccc(Cl)c(N2CCCCC2)c1. The number of nitrogens with zero attached hydrogens (tertiary/aromatic N) is 1. The Morgan fingerprint density at radius 3 is 2.63 bits per heavy atom. The molecule has 0 bridgehead atoms. The molecule has 3 nitrogen and oxygen atoms in total. The zero-order chi connectivity index (χ0) is 13.8. The van der Waals surface area contributed by atoms with Crippen molar-refractivity contribution < 1.29 is 4.79 Å². The molecule has 19 heavy (non-hydrogen) atoms. The van der Waals surface area contributed by atoms with E-state index in [-0.39, 0.29) is 5.91 Å². The van der Waals surface area contributed by atoms with Crippen molar-refractivity contribution in [1.82, 2.24) is 0 Å². The van der Waals surface area contributed by atoms with Gasteiger partial charge in [0.2, 0.25) is 5.91 Å². The van der Waals surface area contributed by atoms with Crippen molar-refractivity contribution in [3.05, 3.63) is 23.2 Å². The number of carbonyl (C=O) groups is 1. The first-order valence-electron chi connectivity index (χ1n) is 6.57. The van der Waals surface area contributed by atoms with Crippen molar-refractivity contribution in [3.8, 4) is 0 Å². The highest BCUT2D eigenvalue weighted by Gasteiger charge is 2.15. The highest BCUT2D eigenvalue weighted by atomic mass is 35.5. The summed E-state index contributed by atoms with van der Waals surface area (Å²) in [5.74, 6) is -0.200. The van der Waals surface area contributed by atoms with Crippen molar-refractivity contribution in [2.24, 2.45) is 0 Å². The lowest BCUT2D eigenvalue weighted by molar-refractivity contribution is -0.115. The van der Waals surface area contributed by atoms with Gasteiger partial charge in [-0.15, -0.1) is 11.6 Å². The number of carbonyl (C=O) groups excluding carboxylic acids is 1.